The molecule has 23 heavy (non-hydrogen) atoms. The van der Waals surface area contributed by atoms with E-state index in [9.17, 15) is 18.6 Å². The van der Waals surface area contributed by atoms with Gasteiger partial charge in [-0.3, -0.25) is 0 Å². The number of rotatable bonds is 4. The highest BCUT2D eigenvalue weighted by Gasteiger charge is 2.37. The van der Waals surface area contributed by atoms with Crippen molar-refractivity contribution in [2.24, 2.45) is 0 Å². The predicted molar refractivity (Wildman–Crippen MR) is 83.6 cm³/mol. The Kier molecular flexibility index (Phi) is 4.49. The number of aliphatic hydroxyl groups is 2. The van der Waals surface area contributed by atoms with Gasteiger partial charge in [0.2, 0.25) is 0 Å². The first-order valence-corrected chi connectivity index (χ1v) is 8.88. The largest absolute Gasteiger partial charge is 0.395 e. The molecule has 1 aromatic heterocycles. The normalized spacial score (nSPS) is 23.0. The Hall–Kier alpha value is -1.74. The fourth-order valence-corrected chi connectivity index (χ4v) is 4.60. The highest BCUT2D eigenvalue weighted by molar-refractivity contribution is 7.89. The zero-order chi connectivity index (χ0) is 16.4. The minimum absolute atomic E-state index is 0.0542. The van der Waals surface area contributed by atoms with Gasteiger partial charge in [0.15, 0.2) is 5.03 Å². The van der Waals surface area contributed by atoms with E-state index in [1.807, 2.05) is 6.07 Å². The summed E-state index contributed by atoms with van der Waals surface area (Å²) in [5.74, 6) is 0. The van der Waals surface area contributed by atoms with Crippen LogP contribution in [0.1, 0.15) is 12.8 Å². The SMILES string of the molecule is O=S(=O)(c1ccnn1-c1ccccc1)N1CC[C@@H](O)C[C@H]1CO. The van der Waals surface area contributed by atoms with Gasteiger partial charge in [0, 0.05) is 6.54 Å². The van der Waals surface area contributed by atoms with E-state index < -0.39 is 22.2 Å². The van der Waals surface area contributed by atoms with Crippen molar-refractivity contribution in [2.75, 3.05) is 13.2 Å². The van der Waals surface area contributed by atoms with Gasteiger partial charge in [0.1, 0.15) is 0 Å². The summed E-state index contributed by atoms with van der Waals surface area (Å²) in [5.41, 5.74) is 0.647. The maximum absolute atomic E-state index is 13.0. The van der Waals surface area contributed by atoms with E-state index in [0.29, 0.717) is 12.1 Å². The fraction of sp³-hybridized carbons (Fsp3) is 0.400. The minimum Gasteiger partial charge on any atom is -0.395 e. The third kappa shape index (κ3) is 3.02. The van der Waals surface area contributed by atoms with Crippen LogP contribution in [-0.4, -0.2) is 58.0 Å². The van der Waals surface area contributed by atoms with Gasteiger partial charge in [-0.2, -0.15) is 9.40 Å². The van der Waals surface area contributed by atoms with Crippen molar-refractivity contribution in [1.29, 1.82) is 0 Å². The number of hydrogen-bond donors (Lipinski definition) is 2. The molecule has 1 fully saturated rings. The Bertz CT molecular complexity index is 760. The minimum atomic E-state index is -3.82. The highest BCUT2D eigenvalue weighted by Crippen LogP contribution is 2.26. The Labute approximate surface area is 134 Å². The van der Waals surface area contributed by atoms with Crippen molar-refractivity contribution in [3.8, 4) is 5.69 Å². The lowest BCUT2D eigenvalue weighted by atomic mass is 10.0. The van der Waals surface area contributed by atoms with Crippen molar-refractivity contribution in [2.45, 2.75) is 30.0 Å². The number of para-hydroxylation sites is 1. The lowest BCUT2D eigenvalue weighted by molar-refractivity contribution is 0.0563. The summed E-state index contributed by atoms with van der Waals surface area (Å²) >= 11 is 0. The van der Waals surface area contributed by atoms with E-state index in [-0.39, 0.29) is 24.6 Å². The van der Waals surface area contributed by atoms with Crippen LogP contribution in [0.2, 0.25) is 0 Å². The summed E-state index contributed by atoms with van der Waals surface area (Å²) in [7, 11) is -3.82. The van der Waals surface area contributed by atoms with Gasteiger partial charge in [-0.15, -0.1) is 0 Å². The monoisotopic (exact) mass is 337 g/mol. The predicted octanol–water partition coefficient (Wildman–Crippen LogP) is 0.379. The molecule has 7 nitrogen and oxygen atoms in total. The van der Waals surface area contributed by atoms with Gasteiger partial charge in [-0.25, -0.2) is 13.1 Å². The summed E-state index contributed by atoms with van der Waals surface area (Å²) in [5, 5.41) is 23.4. The molecule has 2 N–H and O–H groups in total. The lowest BCUT2D eigenvalue weighted by Crippen LogP contribution is -2.49. The Morgan fingerprint density at radius 3 is 2.65 bits per heavy atom. The number of aliphatic hydroxyl groups excluding tert-OH is 2. The van der Waals surface area contributed by atoms with Gasteiger partial charge >= 0.3 is 0 Å². The molecule has 2 heterocycles. The van der Waals surface area contributed by atoms with E-state index in [1.165, 1.54) is 21.3 Å². The van der Waals surface area contributed by atoms with Crippen LogP contribution in [0.3, 0.4) is 0 Å². The third-order valence-corrected chi connectivity index (χ3v) is 5.96. The molecule has 1 aromatic carbocycles. The molecular formula is C15H19N3O4S. The molecule has 2 aromatic rings. The molecule has 0 amide bonds. The summed E-state index contributed by atoms with van der Waals surface area (Å²) in [6, 6.07) is 9.83. The molecule has 0 bridgehead atoms. The summed E-state index contributed by atoms with van der Waals surface area (Å²) < 4.78 is 28.6. The van der Waals surface area contributed by atoms with Crippen LogP contribution in [0, 0.1) is 0 Å². The molecule has 1 aliphatic heterocycles. The molecule has 3 rings (SSSR count). The molecule has 0 saturated carbocycles. The summed E-state index contributed by atoms with van der Waals surface area (Å²) in [6.07, 6.45) is 1.44. The summed E-state index contributed by atoms with van der Waals surface area (Å²) in [6.45, 7) is -0.148. The lowest BCUT2D eigenvalue weighted by Gasteiger charge is -2.35. The van der Waals surface area contributed by atoms with Crippen LogP contribution in [0.4, 0.5) is 0 Å². The number of sulfonamides is 1. The molecular weight excluding hydrogens is 318 g/mol. The highest BCUT2D eigenvalue weighted by atomic mass is 32.2. The zero-order valence-corrected chi connectivity index (χ0v) is 13.3. The Morgan fingerprint density at radius 1 is 1.22 bits per heavy atom. The molecule has 0 radical (unpaired) electrons. The molecule has 0 unspecified atom stereocenters. The molecule has 2 atom stereocenters. The third-order valence-electron chi connectivity index (χ3n) is 4.03. The van der Waals surface area contributed by atoms with E-state index in [4.69, 9.17) is 0 Å². The van der Waals surface area contributed by atoms with E-state index in [0.717, 1.165) is 0 Å². The Morgan fingerprint density at radius 2 is 1.96 bits per heavy atom. The van der Waals surface area contributed by atoms with E-state index in [1.54, 1.807) is 24.3 Å². The first kappa shape index (κ1) is 16.1. The maximum atomic E-state index is 13.0. The van der Waals surface area contributed by atoms with Gasteiger partial charge in [0.25, 0.3) is 10.0 Å². The quantitative estimate of drug-likeness (QED) is 0.841. The second-order valence-corrected chi connectivity index (χ2v) is 7.38. The van der Waals surface area contributed by atoms with Gasteiger partial charge in [-0.05, 0) is 31.0 Å². The first-order valence-electron chi connectivity index (χ1n) is 7.44. The topological polar surface area (TPSA) is 95.7 Å². The van der Waals surface area contributed by atoms with Crippen LogP contribution in [0.5, 0.6) is 0 Å². The van der Waals surface area contributed by atoms with Crippen LogP contribution in [0.15, 0.2) is 47.6 Å². The molecule has 0 spiro atoms. The van der Waals surface area contributed by atoms with E-state index >= 15 is 0 Å². The van der Waals surface area contributed by atoms with Crippen molar-refractivity contribution in [1.82, 2.24) is 14.1 Å². The molecule has 124 valence electrons. The number of hydrogen-bond acceptors (Lipinski definition) is 5. The summed E-state index contributed by atoms with van der Waals surface area (Å²) in [4.78, 5) is 0. The first-order chi connectivity index (χ1) is 11.0. The van der Waals surface area contributed by atoms with Gasteiger partial charge in [0.05, 0.1) is 30.6 Å². The van der Waals surface area contributed by atoms with Crippen molar-refractivity contribution in [3.05, 3.63) is 42.6 Å². The van der Waals surface area contributed by atoms with Crippen molar-refractivity contribution in [3.63, 3.8) is 0 Å². The molecule has 1 aliphatic rings. The fourth-order valence-electron chi connectivity index (χ4n) is 2.86. The zero-order valence-electron chi connectivity index (χ0n) is 12.5. The average Bonchev–Trinajstić information content (AvgIpc) is 3.05. The maximum Gasteiger partial charge on any atom is 0.260 e. The Balaban J connectivity index is 2.00. The van der Waals surface area contributed by atoms with Crippen molar-refractivity contribution < 1.29 is 18.6 Å². The number of piperidine rings is 1. The molecule has 1 saturated heterocycles. The number of benzene rings is 1. The average molecular weight is 337 g/mol. The van der Waals surface area contributed by atoms with Crippen LogP contribution in [0.25, 0.3) is 5.69 Å². The molecule has 0 aliphatic carbocycles. The molecule has 8 heteroatoms. The van der Waals surface area contributed by atoms with Crippen LogP contribution >= 0.6 is 0 Å². The second-order valence-electron chi connectivity index (χ2n) is 5.55. The number of aromatic nitrogens is 2. The van der Waals surface area contributed by atoms with Crippen LogP contribution < -0.4 is 0 Å². The second kappa shape index (κ2) is 6.40. The van der Waals surface area contributed by atoms with Crippen LogP contribution in [-0.2, 0) is 10.0 Å². The smallest absolute Gasteiger partial charge is 0.260 e. The van der Waals surface area contributed by atoms with E-state index in [2.05, 4.69) is 5.10 Å². The number of nitrogens with zero attached hydrogens (tertiary/aromatic N) is 3. The van der Waals surface area contributed by atoms with Gasteiger partial charge < -0.3 is 10.2 Å². The van der Waals surface area contributed by atoms with Gasteiger partial charge in [-0.1, -0.05) is 18.2 Å². The van der Waals surface area contributed by atoms with Crippen molar-refractivity contribution >= 4 is 10.0 Å². The standard InChI is InChI=1S/C15H19N3O4S/c19-11-13-10-14(20)7-9-17(13)23(21,22)15-6-8-16-18(15)12-4-2-1-3-5-12/h1-6,8,13-14,19-20H,7,9-11H2/t13-,14+/m0/s1.